The molecule has 0 aromatic heterocycles. The number of hydrogen-bond acceptors (Lipinski definition) is 2. The number of rotatable bonds is 2. The molecule has 3 fully saturated rings. The quantitative estimate of drug-likeness (QED) is 0.806. The Morgan fingerprint density at radius 1 is 1.18 bits per heavy atom. The first kappa shape index (κ1) is 12.6. The van der Waals surface area contributed by atoms with Gasteiger partial charge in [-0.05, 0) is 24.3 Å². The second-order valence-electron chi connectivity index (χ2n) is 5.04. The fourth-order valence-corrected chi connectivity index (χ4v) is 3.07. The molecule has 92 valence electrons. The minimum Gasteiger partial charge on any atom is -0.298 e. The van der Waals surface area contributed by atoms with Crippen molar-refractivity contribution in [3.05, 3.63) is 35.9 Å². The summed E-state index contributed by atoms with van der Waals surface area (Å²) in [6.07, 6.45) is 3.16. The lowest BCUT2D eigenvalue weighted by atomic mass is 9.79. The van der Waals surface area contributed by atoms with E-state index in [-0.39, 0.29) is 18.4 Å². The molecule has 1 aliphatic carbocycles. The molecule has 3 heteroatoms. The molecule has 2 aliphatic heterocycles. The predicted molar refractivity (Wildman–Crippen MR) is 70.2 cm³/mol. The predicted octanol–water partition coefficient (Wildman–Crippen LogP) is 2.66. The van der Waals surface area contributed by atoms with Crippen LogP contribution in [0.15, 0.2) is 30.3 Å². The van der Waals surface area contributed by atoms with Gasteiger partial charge < -0.3 is 0 Å². The number of carbonyl (C=O) groups is 1. The van der Waals surface area contributed by atoms with Crippen LogP contribution in [-0.4, -0.2) is 23.3 Å². The van der Waals surface area contributed by atoms with Crippen molar-refractivity contribution < 1.29 is 4.79 Å². The molecule has 2 saturated heterocycles. The molecule has 0 radical (unpaired) electrons. The minimum absolute atomic E-state index is 0. The Bertz CT molecular complexity index is 392. The average molecular weight is 252 g/mol. The normalized spacial score (nSPS) is 27.9. The second kappa shape index (κ2) is 5.19. The zero-order valence-electron chi connectivity index (χ0n) is 9.84. The molecule has 1 saturated carbocycles. The SMILES string of the molecule is Cl.O=C1CC2CCC1N(Cc1ccccc1)C2. The van der Waals surface area contributed by atoms with E-state index in [9.17, 15) is 4.79 Å². The molecule has 2 atom stereocenters. The van der Waals surface area contributed by atoms with Crippen molar-refractivity contribution in [2.24, 2.45) is 5.92 Å². The summed E-state index contributed by atoms with van der Waals surface area (Å²) in [5, 5.41) is 0. The van der Waals surface area contributed by atoms with Gasteiger partial charge in [-0.25, -0.2) is 0 Å². The summed E-state index contributed by atoms with van der Waals surface area (Å²) in [6, 6.07) is 10.7. The monoisotopic (exact) mass is 251 g/mol. The van der Waals surface area contributed by atoms with Crippen molar-refractivity contribution >= 4 is 18.2 Å². The maximum absolute atomic E-state index is 11.8. The molecular formula is C14H18ClNO. The highest BCUT2D eigenvalue weighted by molar-refractivity contribution is 5.86. The molecule has 0 spiro atoms. The van der Waals surface area contributed by atoms with Gasteiger partial charge in [0.15, 0.2) is 0 Å². The molecule has 4 rings (SSSR count). The first-order valence-electron chi connectivity index (χ1n) is 6.13. The van der Waals surface area contributed by atoms with Crippen molar-refractivity contribution in [3.63, 3.8) is 0 Å². The minimum atomic E-state index is 0. The van der Waals surface area contributed by atoms with Crippen LogP contribution in [0, 0.1) is 5.92 Å². The first-order valence-corrected chi connectivity index (χ1v) is 6.13. The Morgan fingerprint density at radius 2 is 1.94 bits per heavy atom. The number of benzene rings is 1. The van der Waals surface area contributed by atoms with Crippen LogP contribution < -0.4 is 0 Å². The molecule has 0 N–H and O–H groups in total. The number of ketones is 1. The maximum Gasteiger partial charge on any atom is 0.150 e. The van der Waals surface area contributed by atoms with E-state index < -0.39 is 0 Å². The van der Waals surface area contributed by atoms with Gasteiger partial charge >= 0.3 is 0 Å². The Balaban J connectivity index is 0.00000108. The van der Waals surface area contributed by atoms with Gasteiger partial charge in [0.05, 0.1) is 6.04 Å². The summed E-state index contributed by atoms with van der Waals surface area (Å²) in [5.41, 5.74) is 1.32. The fourth-order valence-electron chi connectivity index (χ4n) is 3.07. The Labute approximate surface area is 108 Å². The lowest BCUT2D eigenvalue weighted by Gasteiger charge is -2.44. The molecule has 3 aliphatic rings. The zero-order chi connectivity index (χ0) is 11.0. The smallest absolute Gasteiger partial charge is 0.150 e. The standard InChI is InChI=1S/C14H17NO.ClH/c16-14-8-12-6-7-13(14)15(10-12)9-11-4-2-1-3-5-11;/h1-5,12-13H,6-10H2;1H. The molecule has 2 bridgehead atoms. The summed E-state index contributed by atoms with van der Waals surface area (Å²) in [6.45, 7) is 2.05. The first-order chi connectivity index (χ1) is 7.83. The number of carbonyl (C=O) groups excluding carboxylic acids is 1. The largest absolute Gasteiger partial charge is 0.298 e. The van der Waals surface area contributed by atoms with Crippen LogP contribution in [-0.2, 0) is 11.3 Å². The van der Waals surface area contributed by atoms with Gasteiger partial charge in [0, 0.05) is 19.5 Å². The van der Waals surface area contributed by atoms with E-state index in [4.69, 9.17) is 0 Å². The van der Waals surface area contributed by atoms with Crippen molar-refractivity contribution in [1.82, 2.24) is 4.90 Å². The van der Waals surface area contributed by atoms with Gasteiger partial charge in [-0.2, -0.15) is 0 Å². The van der Waals surface area contributed by atoms with Gasteiger partial charge in [-0.1, -0.05) is 30.3 Å². The molecule has 2 heterocycles. The van der Waals surface area contributed by atoms with Crippen molar-refractivity contribution in [2.75, 3.05) is 6.54 Å². The number of hydrogen-bond donors (Lipinski definition) is 0. The third-order valence-electron chi connectivity index (χ3n) is 3.87. The number of piperidine rings is 2. The van der Waals surface area contributed by atoms with Crippen molar-refractivity contribution in [2.45, 2.75) is 31.8 Å². The molecule has 1 aromatic rings. The lowest BCUT2D eigenvalue weighted by molar-refractivity contribution is -0.133. The van der Waals surface area contributed by atoms with Gasteiger partial charge in [-0.15, -0.1) is 12.4 Å². The van der Waals surface area contributed by atoms with Crippen LogP contribution in [0.1, 0.15) is 24.8 Å². The van der Waals surface area contributed by atoms with E-state index in [1.54, 1.807) is 0 Å². The summed E-state index contributed by atoms with van der Waals surface area (Å²) < 4.78 is 0. The number of nitrogens with zero attached hydrogens (tertiary/aromatic N) is 1. The van der Waals surface area contributed by atoms with Gasteiger partial charge in [-0.3, -0.25) is 9.69 Å². The Kier molecular flexibility index (Phi) is 3.85. The van der Waals surface area contributed by atoms with Crippen LogP contribution in [0.4, 0.5) is 0 Å². The zero-order valence-corrected chi connectivity index (χ0v) is 10.7. The highest BCUT2D eigenvalue weighted by atomic mass is 35.5. The van der Waals surface area contributed by atoms with Crippen LogP contribution in [0.2, 0.25) is 0 Å². The molecule has 0 amide bonds. The van der Waals surface area contributed by atoms with Gasteiger partial charge in [0.2, 0.25) is 0 Å². The second-order valence-corrected chi connectivity index (χ2v) is 5.04. The average Bonchev–Trinajstić information content (AvgIpc) is 2.30. The van der Waals surface area contributed by atoms with Crippen molar-refractivity contribution in [3.8, 4) is 0 Å². The number of halogens is 1. The summed E-state index contributed by atoms with van der Waals surface area (Å²) in [7, 11) is 0. The van der Waals surface area contributed by atoms with Crippen LogP contribution in [0.3, 0.4) is 0 Å². The van der Waals surface area contributed by atoms with Crippen LogP contribution >= 0.6 is 12.4 Å². The van der Waals surface area contributed by atoms with E-state index >= 15 is 0 Å². The maximum atomic E-state index is 11.8. The summed E-state index contributed by atoms with van der Waals surface area (Å²) in [4.78, 5) is 14.2. The highest BCUT2D eigenvalue weighted by Gasteiger charge is 2.39. The molecular weight excluding hydrogens is 234 g/mol. The summed E-state index contributed by atoms with van der Waals surface area (Å²) >= 11 is 0. The number of fused-ring (bicyclic) bond motifs is 3. The topological polar surface area (TPSA) is 20.3 Å². The van der Waals surface area contributed by atoms with Gasteiger partial charge in [0.1, 0.15) is 5.78 Å². The molecule has 1 aromatic carbocycles. The lowest BCUT2D eigenvalue weighted by Crippen LogP contribution is -2.52. The van der Waals surface area contributed by atoms with Crippen molar-refractivity contribution in [1.29, 1.82) is 0 Å². The van der Waals surface area contributed by atoms with Crippen LogP contribution in [0.5, 0.6) is 0 Å². The summed E-state index contributed by atoms with van der Waals surface area (Å²) in [5.74, 6) is 1.10. The van der Waals surface area contributed by atoms with Crippen LogP contribution in [0.25, 0.3) is 0 Å². The highest BCUT2D eigenvalue weighted by Crippen LogP contribution is 2.33. The fraction of sp³-hybridized carbons (Fsp3) is 0.500. The molecule has 2 unspecified atom stereocenters. The Morgan fingerprint density at radius 3 is 2.59 bits per heavy atom. The third kappa shape index (κ3) is 2.53. The Hall–Kier alpha value is -0.860. The van der Waals surface area contributed by atoms with E-state index in [1.165, 1.54) is 12.0 Å². The van der Waals surface area contributed by atoms with Gasteiger partial charge in [0.25, 0.3) is 0 Å². The molecule has 17 heavy (non-hydrogen) atoms. The van der Waals surface area contributed by atoms with E-state index in [1.807, 2.05) is 6.07 Å². The third-order valence-corrected chi connectivity index (χ3v) is 3.87. The van der Waals surface area contributed by atoms with E-state index in [2.05, 4.69) is 29.2 Å². The number of Topliss-reactive ketones (excluding diaryl/α,β-unsaturated/α-hetero) is 1. The van der Waals surface area contributed by atoms with E-state index in [0.29, 0.717) is 11.7 Å². The van der Waals surface area contributed by atoms with E-state index in [0.717, 1.165) is 25.9 Å². The molecule has 2 nitrogen and oxygen atoms in total.